The van der Waals surface area contributed by atoms with Gasteiger partial charge in [-0.3, -0.25) is 0 Å². The van der Waals surface area contributed by atoms with Crippen molar-refractivity contribution >= 4 is 0 Å². The van der Waals surface area contributed by atoms with E-state index in [4.69, 9.17) is 0 Å². The molecule has 4 rings (SSSR count). The Balaban J connectivity index is 1.37. The van der Waals surface area contributed by atoms with Crippen LogP contribution in [-0.2, 0) is 18.4 Å². The van der Waals surface area contributed by atoms with Crippen LogP contribution in [0.1, 0.15) is 47.6 Å². The topological polar surface area (TPSA) is 43.7 Å². The highest BCUT2D eigenvalue weighted by Crippen LogP contribution is 2.33. The van der Waals surface area contributed by atoms with Crippen molar-refractivity contribution in [1.29, 1.82) is 0 Å². The van der Waals surface area contributed by atoms with Gasteiger partial charge in [-0.25, -0.2) is 4.39 Å². The number of β-amino-alcohol motifs (C(OH)–C–C–N with tert-alkyl or cyclic N) is 1. The fourth-order valence-corrected chi connectivity index (χ4v) is 4.30. The molecule has 1 fully saturated rings. The summed E-state index contributed by atoms with van der Waals surface area (Å²) in [5.41, 5.74) is 3.67. The van der Waals surface area contributed by atoms with Gasteiger partial charge >= 0.3 is 0 Å². The molecule has 26 heavy (non-hydrogen) atoms. The summed E-state index contributed by atoms with van der Waals surface area (Å²) in [6.45, 7) is 2.02. The first-order valence-electron chi connectivity index (χ1n) is 9.54. The number of aliphatic hydroxyl groups excluding tert-OH is 1. The number of likely N-dealkylation sites (tertiary alicyclic amines) is 1. The molecule has 2 N–H and O–H groups in total. The van der Waals surface area contributed by atoms with Crippen molar-refractivity contribution in [3.05, 3.63) is 70.5 Å². The van der Waals surface area contributed by atoms with Gasteiger partial charge in [-0.15, -0.1) is 0 Å². The Kier molecular flexibility index (Phi) is 4.82. The van der Waals surface area contributed by atoms with Gasteiger partial charge in [0.15, 0.2) is 0 Å². The second kappa shape index (κ2) is 7.10. The molecule has 2 aromatic rings. The van der Waals surface area contributed by atoms with Gasteiger partial charge in [0.25, 0.3) is 0 Å². The predicted molar refractivity (Wildman–Crippen MR) is 99.4 cm³/mol. The largest absolute Gasteiger partial charge is 0.387 e. The van der Waals surface area contributed by atoms with E-state index in [2.05, 4.69) is 17.0 Å². The Morgan fingerprint density at radius 3 is 2.42 bits per heavy atom. The van der Waals surface area contributed by atoms with Crippen molar-refractivity contribution in [2.75, 3.05) is 19.6 Å². The second-order valence-corrected chi connectivity index (χ2v) is 7.74. The molecule has 0 saturated carbocycles. The summed E-state index contributed by atoms with van der Waals surface area (Å²) >= 11 is 0. The van der Waals surface area contributed by atoms with E-state index in [0.717, 1.165) is 37.1 Å². The van der Waals surface area contributed by atoms with E-state index in [0.29, 0.717) is 19.4 Å². The Hall–Kier alpha value is -1.75. The van der Waals surface area contributed by atoms with Gasteiger partial charge in [-0.1, -0.05) is 30.3 Å². The van der Waals surface area contributed by atoms with E-state index in [9.17, 15) is 14.6 Å². The van der Waals surface area contributed by atoms with Crippen LogP contribution in [0.3, 0.4) is 0 Å². The van der Waals surface area contributed by atoms with Crippen molar-refractivity contribution in [1.82, 2.24) is 4.90 Å². The lowest BCUT2D eigenvalue weighted by Crippen LogP contribution is -2.44. The molecule has 3 nitrogen and oxygen atoms in total. The van der Waals surface area contributed by atoms with Crippen LogP contribution in [0, 0.1) is 5.82 Å². The molecular weight excluding hydrogens is 329 g/mol. The fourth-order valence-electron chi connectivity index (χ4n) is 4.30. The van der Waals surface area contributed by atoms with Gasteiger partial charge in [0.2, 0.25) is 0 Å². The minimum absolute atomic E-state index is 0.285. The van der Waals surface area contributed by atoms with E-state index >= 15 is 0 Å². The third-order valence-electron chi connectivity index (χ3n) is 6.00. The number of hydrogen-bond donors (Lipinski definition) is 2. The molecule has 0 spiro atoms. The van der Waals surface area contributed by atoms with E-state index in [-0.39, 0.29) is 5.82 Å². The molecule has 1 aliphatic heterocycles. The number of aryl methyl sites for hydroxylation is 2. The number of aliphatic hydroxyl groups is 2. The van der Waals surface area contributed by atoms with Crippen LogP contribution in [0.2, 0.25) is 0 Å². The number of nitrogens with zero attached hydrogens (tertiary/aromatic N) is 1. The first-order chi connectivity index (χ1) is 12.5. The van der Waals surface area contributed by atoms with Crippen molar-refractivity contribution in [2.24, 2.45) is 0 Å². The van der Waals surface area contributed by atoms with Crippen LogP contribution >= 0.6 is 0 Å². The Morgan fingerprint density at radius 2 is 1.69 bits per heavy atom. The molecule has 0 aromatic heterocycles. The summed E-state index contributed by atoms with van der Waals surface area (Å²) in [5.74, 6) is -0.285. The first-order valence-corrected chi connectivity index (χ1v) is 9.54. The molecular formula is C22H26FNO2. The highest BCUT2D eigenvalue weighted by Gasteiger charge is 2.34. The van der Waals surface area contributed by atoms with E-state index in [1.807, 2.05) is 6.07 Å². The quantitative estimate of drug-likeness (QED) is 0.884. The average Bonchev–Trinajstić information content (AvgIpc) is 3.12. The summed E-state index contributed by atoms with van der Waals surface area (Å²) in [6.07, 6.45) is 4.16. The van der Waals surface area contributed by atoms with Crippen molar-refractivity contribution in [3.63, 3.8) is 0 Å². The van der Waals surface area contributed by atoms with Crippen molar-refractivity contribution in [2.45, 2.75) is 43.8 Å². The predicted octanol–water partition coefficient (Wildman–Crippen LogP) is 3.33. The molecule has 2 aromatic carbocycles. The lowest BCUT2D eigenvalue weighted by Gasteiger charge is -2.39. The zero-order valence-electron chi connectivity index (χ0n) is 15.0. The zero-order chi connectivity index (χ0) is 18.1. The zero-order valence-corrected chi connectivity index (χ0v) is 15.0. The molecule has 138 valence electrons. The van der Waals surface area contributed by atoms with Gasteiger partial charge in [0, 0.05) is 19.6 Å². The summed E-state index contributed by atoms with van der Waals surface area (Å²) < 4.78 is 13.1. The Labute approximate surface area is 154 Å². The summed E-state index contributed by atoms with van der Waals surface area (Å²) in [4.78, 5) is 2.20. The molecule has 1 heterocycles. The maximum Gasteiger partial charge on any atom is 0.123 e. The highest BCUT2D eigenvalue weighted by molar-refractivity contribution is 5.36. The highest BCUT2D eigenvalue weighted by atomic mass is 19.1. The monoisotopic (exact) mass is 355 g/mol. The smallest absolute Gasteiger partial charge is 0.123 e. The summed E-state index contributed by atoms with van der Waals surface area (Å²) in [5, 5.41) is 21.5. The van der Waals surface area contributed by atoms with Gasteiger partial charge in [0.05, 0.1) is 11.7 Å². The Morgan fingerprint density at radius 1 is 1.00 bits per heavy atom. The maximum absolute atomic E-state index is 13.1. The van der Waals surface area contributed by atoms with Gasteiger partial charge in [-0.05, 0) is 66.5 Å². The van der Waals surface area contributed by atoms with E-state index < -0.39 is 11.7 Å². The number of benzene rings is 2. The minimum atomic E-state index is -0.900. The fraction of sp³-hybridized carbons (Fsp3) is 0.455. The second-order valence-electron chi connectivity index (χ2n) is 7.74. The van der Waals surface area contributed by atoms with Crippen molar-refractivity contribution in [3.8, 4) is 0 Å². The molecule has 0 radical (unpaired) electrons. The molecule has 2 aliphatic rings. The van der Waals surface area contributed by atoms with E-state index in [1.165, 1.54) is 29.7 Å². The van der Waals surface area contributed by atoms with Crippen LogP contribution in [-0.4, -0.2) is 34.7 Å². The molecule has 1 saturated heterocycles. The molecule has 0 bridgehead atoms. The third kappa shape index (κ3) is 3.54. The number of halogens is 1. The molecule has 0 unspecified atom stereocenters. The maximum atomic E-state index is 13.1. The summed E-state index contributed by atoms with van der Waals surface area (Å²) in [7, 11) is 0. The molecule has 1 aliphatic carbocycles. The lowest BCUT2D eigenvalue weighted by molar-refractivity contribution is -0.0345. The van der Waals surface area contributed by atoms with Gasteiger partial charge < -0.3 is 15.1 Å². The minimum Gasteiger partial charge on any atom is -0.387 e. The van der Waals surface area contributed by atoms with Crippen LogP contribution in [0.4, 0.5) is 4.39 Å². The molecule has 4 heteroatoms. The van der Waals surface area contributed by atoms with Crippen LogP contribution in [0.5, 0.6) is 0 Å². The number of piperidine rings is 1. The van der Waals surface area contributed by atoms with Crippen LogP contribution < -0.4 is 0 Å². The first kappa shape index (κ1) is 17.7. The van der Waals surface area contributed by atoms with Gasteiger partial charge in [0.1, 0.15) is 5.82 Å². The van der Waals surface area contributed by atoms with Crippen molar-refractivity contribution < 1.29 is 14.6 Å². The van der Waals surface area contributed by atoms with Gasteiger partial charge in [-0.2, -0.15) is 0 Å². The molecule has 1 atom stereocenters. The van der Waals surface area contributed by atoms with Crippen LogP contribution in [0.15, 0.2) is 42.5 Å². The normalized spacial score (nSPS) is 20.7. The van der Waals surface area contributed by atoms with Crippen LogP contribution in [0.25, 0.3) is 0 Å². The Bertz CT molecular complexity index is 766. The SMILES string of the molecule is O[C@H](CN1CCC(O)(c2ccc(F)cc2)CC1)c1ccc2c(c1)CCC2. The van der Waals surface area contributed by atoms with E-state index in [1.54, 1.807) is 12.1 Å². The number of rotatable bonds is 4. The number of fused-ring (bicyclic) bond motifs is 1. The average molecular weight is 355 g/mol. The standard InChI is InChI=1S/C22H26FNO2/c23-20-8-6-19(7-9-20)22(26)10-12-24(13-11-22)15-21(25)18-5-4-16-2-1-3-17(16)14-18/h4-9,14,21,25-26H,1-3,10-13,15H2/t21-/m1/s1. The lowest BCUT2D eigenvalue weighted by atomic mass is 9.84. The summed E-state index contributed by atoms with van der Waals surface area (Å²) in [6, 6.07) is 12.5. The third-order valence-corrected chi connectivity index (χ3v) is 6.00. The molecule has 0 amide bonds. The number of hydrogen-bond acceptors (Lipinski definition) is 3.